The summed E-state index contributed by atoms with van der Waals surface area (Å²) in [4.78, 5) is 15.7. The van der Waals surface area contributed by atoms with Gasteiger partial charge in [0.1, 0.15) is 5.75 Å². The molecule has 0 N–H and O–H groups in total. The maximum atomic E-state index is 12.8. The van der Waals surface area contributed by atoms with Crippen LogP contribution in [0.15, 0.2) is 66.0 Å². The molecular weight excluding hydrogens is 330 g/mol. The Morgan fingerprint density at radius 2 is 1.80 bits per heavy atom. The van der Waals surface area contributed by atoms with Crippen LogP contribution >= 0.6 is 11.3 Å². The summed E-state index contributed by atoms with van der Waals surface area (Å²) >= 11 is 1.65. The first-order chi connectivity index (χ1) is 12.1. The fraction of sp³-hybridized carbons (Fsp3) is 0.190. The largest absolute Gasteiger partial charge is 0.484 e. The molecular formula is C21H21NO2S. The topological polar surface area (TPSA) is 29.5 Å². The number of hydrogen-bond donors (Lipinski definition) is 0. The van der Waals surface area contributed by atoms with E-state index in [0.29, 0.717) is 12.3 Å². The third kappa shape index (κ3) is 4.70. The van der Waals surface area contributed by atoms with Crippen molar-refractivity contribution < 1.29 is 9.53 Å². The van der Waals surface area contributed by atoms with E-state index in [-0.39, 0.29) is 12.5 Å². The number of carbonyl (C=O) groups is 1. The number of aryl methyl sites for hydroxylation is 2. The first kappa shape index (κ1) is 17.2. The number of thiophene rings is 1. The third-order valence-electron chi connectivity index (χ3n) is 3.89. The van der Waals surface area contributed by atoms with Crippen molar-refractivity contribution >= 4 is 22.9 Å². The Morgan fingerprint density at radius 3 is 2.48 bits per heavy atom. The minimum absolute atomic E-state index is 0.0166. The molecule has 0 radical (unpaired) electrons. The van der Waals surface area contributed by atoms with Crippen molar-refractivity contribution in [3.8, 4) is 5.75 Å². The highest BCUT2D eigenvalue weighted by Gasteiger charge is 2.17. The van der Waals surface area contributed by atoms with Crippen LogP contribution in [0.5, 0.6) is 5.75 Å². The van der Waals surface area contributed by atoms with Crippen molar-refractivity contribution in [2.24, 2.45) is 0 Å². The summed E-state index contributed by atoms with van der Waals surface area (Å²) in [5.41, 5.74) is 3.17. The summed E-state index contributed by atoms with van der Waals surface area (Å²) in [7, 11) is 0. The fourth-order valence-electron chi connectivity index (χ4n) is 2.53. The van der Waals surface area contributed by atoms with E-state index < -0.39 is 0 Å². The molecule has 0 aliphatic heterocycles. The minimum Gasteiger partial charge on any atom is -0.484 e. The van der Waals surface area contributed by atoms with Crippen LogP contribution in [-0.4, -0.2) is 12.5 Å². The van der Waals surface area contributed by atoms with Gasteiger partial charge in [-0.05, 0) is 55.1 Å². The van der Waals surface area contributed by atoms with E-state index in [9.17, 15) is 4.79 Å². The highest BCUT2D eigenvalue weighted by atomic mass is 32.1. The van der Waals surface area contributed by atoms with Crippen LogP contribution in [-0.2, 0) is 11.3 Å². The van der Waals surface area contributed by atoms with E-state index >= 15 is 0 Å². The Morgan fingerprint density at radius 1 is 1.00 bits per heavy atom. The van der Waals surface area contributed by atoms with Crippen LogP contribution in [0.3, 0.4) is 0 Å². The quantitative estimate of drug-likeness (QED) is 0.627. The van der Waals surface area contributed by atoms with Crippen LogP contribution in [0.2, 0.25) is 0 Å². The molecule has 0 saturated heterocycles. The molecule has 1 aromatic heterocycles. The van der Waals surface area contributed by atoms with E-state index in [2.05, 4.69) is 0 Å². The maximum absolute atomic E-state index is 12.8. The number of amides is 1. The smallest absolute Gasteiger partial charge is 0.265 e. The van der Waals surface area contributed by atoms with E-state index in [1.165, 1.54) is 5.56 Å². The van der Waals surface area contributed by atoms with Crippen LogP contribution in [0.1, 0.15) is 16.0 Å². The van der Waals surface area contributed by atoms with Gasteiger partial charge >= 0.3 is 0 Å². The van der Waals surface area contributed by atoms with Crippen molar-refractivity contribution in [2.45, 2.75) is 20.4 Å². The Bertz CT molecular complexity index is 825. The molecule has 0 spiro atoms. The lowest BCUT2D eigenvalue weighted by molar-refractivity contribution is -0.120. The van der Waals surface area contributed by atoms with Gasteiger partial charge in [-0.15, -0.1) is 11.3 Å². The molecule has 3 aromatic rings. The molecule has 1 amide bonds. The number of carbonyl (C=O) groups excluding carboxylic acids is 1. The molecule has 0 saturated carbocycles. The molecule has 3 rings (SSSR count). The van der Waals surface area contributed by atoms with Gasteiger partial charge in [0.25, 0.3) is 5.91 Å². The lowest BCUT2D eigenvalue weighted by atomic mass is 10.2. The Hall–Kier alpha value is -2.59. The zero-order chi connectivity index (χ0) is 17.6. The number of rotatable bonds is 6. The average molecular weight is 351 g/mol. The highest BCUT2D eigenvalue weighted by molar-refractivity contribution is 7.09. The van der Waals surface area contributed by atoms with Gasteiger partial charge < -0.3 is 9.64 Å². The van der Waals surface area contributed by atoms with Gasteiger partial charge in [-0.1, -0.05) is 35.9 Å². The molecule has 1 heterocycles. The van der Waals surface area contributed by atoms with Crippen LogP contribution in [0.25, 0.3) is 0 Å². The van der Waals surface area contributed by atoms with Crippen molar-refractivity contribution in [3.63, 3.8) is 0 Å². The van der Waals surface area contributed by atoms with Gasteiger partial charge in [0, 0.05) is 10.6 Å². The van der Waals surface area contributed by atoms with Crippen molar-refractivity contribution in [3.05, 3.63) is 82.0 Å². The summed E-state index contributed by atoms with van der Waals surface area (Å²) in [5, 5.41) is 2.02. The van der Waals surface area contributed by atoms with E-state index in [0.717, 1.165) is 16.1 Å². The lowest BCUT2D eigenvalue weighted by Crippen LogP contribution is -2.34. The Kier molecular flexibility index (Phi) is 5.51. The lowest BCUT2D eigenvalue weighted by Gasteiger charge is -2.22. The van der Waals surface area contributed by atoms with E-state index in [1.54, 1.807) is 16.2 Å². The van der Waals surface area contributed by atoms with Crippen molar-refractivity contribution in [1.82, 2.24) is 0 Å². The third-order valence-corrected chi connectivity index (χ3v) is 4.75. The highest BCUT2D eigenvalue weighted by Crippen LogP contribution is 2.21. The van der Waals surface area contributed by atoms with E-state index in [1.807, 2.05) is 79.9 Å². The maximum Gasteiger partial charge on any atom is 0.265 e. The standard InChI is InChI=1S/C21H21NO2S/c1-16-8-10-18(11-9-16)22(14-20-7-4-12-25-20)21(23)15-24-19-6-3-5-17(2)13-19/h3-13H,14-15H2,1-2H3. The molecule has 25 heavy (non-hydrogen) atoms. The first-order valence-electron chi connectivity index (χ1n) is 8.21. The summed E-state index contributed by atoms with van der Waals surface area (Å²) in [5.74, 6) is 0.659. The van der Waals surface area contributed by atoms with Gasteiger partial charge in [-0.2, -0.15) is 0 Å². The summed E-state index contributed by atoms with van der Waals surface area (Å²) in [6.07, 6.45) is 0. The molecule has 0 atom stereocenters. The number of anilines is 1. The zero-order valence-electron chi connectivity index (χ0n) is 14.4. The van der Waals surface area contributed by atoms with Gasteiger partial charge in [0.15, 0.2) is 6.61 Å². The molecule has 0 aliphatic rings. The fourth-order valence-corrected chi connectivity index (χ4v) is 3.23. The van der Waals surface area contributed by atoms with Crippen LogP contribution in [0, 0.1) is 13.8 Å². The SMILES string of the molecule is Cc1ccc(N(Cc2cccs2)C(=O)COc2cccc(C)c2)cc1. The normalized spacial score (nSPS) is 10.5. The zero-order valence-corrected chi connectivity index (χ0v) is 15.3. The van der Waals surface area contributed by atoms with Gasteiger partial charge in [-0.3, -0.25) is 4.79 Å². The van der Waals surface area contributed by atoms with Crippen molar-refractivity contribution in [2.75, 3.05) is 11.5 Å². The second-order valence-electron chi connectivity index (χ2n) is 6.00. The molecule has 0 unspecified atom stereocenters. The second-order valence-corrected chi connectivity index (χ2v) is 7.03. The van der Waals surface area contributed by atoms with Gasteiger partial charge in [0.2, 0.25) is 0 Å². The average Bonchev–Trinajstić information content (AvgIpc) is 3.12. The van der Waals surface area contributed by atoms with Gasteiger partial charge in [0.05, 0.1) is 6.54 Å². The molecule has 2 aromatic carbocycles. The molecule has 128 valence electrons. The molecule has 0 aliphatic carbocycles. The second kappa shape index (κ2) is 7.99. The number of ether oxygens (including phenoxy) is 1. The molecule has 0 bridgehead atoms. The van der Waals surface area contributed by atoms with Gasteiger partial charge in [-0.25, -0.2) is 0 Å². The first-order valence-corrected chi connectivity index (χ1v) is 9.09. The molecule has 4 heteroatoms. The monoisotopic (exact) mass is 351 g/mol. The number of benzene rings is 2. The van der Waals surface area contributed by atoms with Crippen LogP contribution < -0.4 is 9.64 Å². The summed E-state index contributed by atoms with van der Waals surface area (Å²) in [6, 6.07) is 19.8. The van der Waals surface area contributed by atoms with Crippen molar-refractivity contribution in [1.29, 1.82) is 0 Å². The Balaban J connectivity index is 1.75. The summed E-state index contributed by atoms with van der Waals surface area (Å²) < 4.78 is 5.71. The number of hydrogen-bond acceptors (Lipinski definition) is 3. The molecule has 3 nitrogen and oxygen atoms in total. The van der Waals surface area contributed by atoms with E-state index in [4.69, 9.17) is 4.74 Å². The minimum atomic E-state index is -0.0567. The number of nitrogens with zero attached hydrogens (tertiary/aromatic N) is 1. The summed E-state index contributed by atoms with van der Waals surface area (Å²) in [6.45, 7) is 4.61. The predicted molar refractivity (Wildman–Crippen MR) is 103 cm³/mol. The Labute approximate surface area is 152 Å². The predicted octanol–water partition coefficient (Wildman–Crippen LogP) is 4.98. The molecule has 0 fully saturated rings. The van der Waals surface area contributed by atoms with Crippen LogP contribution in [0.4, 0.5) is 5.69 Å².